The van der Waals surface area contributed by atoms with Gasteiger partial charge in [0.1, 0.15) is 18.2 Å². The number of nitrogens with zero attached hydrogens (tertiary/aromatic N) is 3. The predicted octanol–water partition coefficient (Wildman–Crippen LogP) is 1.26. The lowest BCUT2D eigenvalue weighted by atomic mass is 10.0. The van der Waals surface area contributed by atoms with Crippen LogP contribution in [0.3, 0.4) is 0 Å². The van der Waals surface area contributed by atoms with Crippen molar-refractivity contribution in [3.8, 4) is 0 Å². The Bertz CT molecular complexity index is 339. The minimum atomic E-state index is -0.551. The molecule has 0 aromatic carbocycles. The molecule has 0 fully saturated rings. The van der Waals surface area contributed by atoms with Gasteiger partial charge in [-0.1, -0.05) is 13.8 Å². The van der Waals surface area contributed by atoms with Gasteiger partial charge in [0.05, 0.1) is 11.0 Å². The van der Waals surface area contributed by atoms with Gasteiger partial charge in [0.2, 0.25) is 0 Å². The number of aromatic nitrogens is 2. The molecule has 6 heteroatoms. The van der Waals surface area contributed by atoms with E-state index in [1.54, 1.807) is 6.92 Å². The second-order valence-electron chi connectivity index (χ2n) is 3.32. The van der Waals surface area contributed by atoms with Gasteiger partial charge in [-0.3, -0.25) is 10.1 Å². The fraction of sp³-hybridized carbons (Fsp3) is 0.556. The van der Waals surface area contributed by atoms with Crippen LogP contribution < -0.4 is 0 Å². The van der Waals surface area contributed by atoms with Crippen LogP contribution in [0.2, 0.25) is 0 Å². The second-order valence-corrected chi connectivity index (χ2v) is 3.32. The van der Waals surface area contributed by atoms with E-state index in [0.29, 0.717) is 12.2 Å². The zero-order chi connectivity index (χ0) is 11.4. The summed E-state index contributed by atoms with van der Waals surface area (Å²) in [5, 5.41) is 19.9. The van der Waals surface area contributed by atoms with Gasteiger partial charge in [-0.2, -0.15) is 0 Å². The zero-order valence-corrected chi connectivity index (χ0v) is 8.62. The number of hydrogen-bond donors (Lipinski definition) is 1. The largest absolute Gasteiger partial charge is 0.392 e. The normalized spacial score (nSPS) is 14.6. The Labute approximate surface area is 87.1 Å². The average molecular weight is 211 g/mol. The summed E-state index contributed by atoms with van der Waals surface area (Å²) >= 11 is 0. The topological polar surface area (TPSA) is 89.2 Å². The first-order valence-electron chi connectivity index (χ1n) is 4.70. The van der Waals surface area contributed by atoms with E-state index < -0.39 is 11.0 Å². The number of aliphatic hydroxyl groups excluding tert-OH is 1. The molecule has 0 spiro atoms. The summed E-state index contributed by atoms with van der Waals surface area (Å²) in [4.78, 5) is 17.5. The van der Waals surface area contributed by atoms with E-state index >= 15 is 0 Å². The van der Waals surface area contributed by atoms with Crippen LogP contribution in [0.25, 0.3) is 0 Å². The highest BCUT2D eigenvalue weighted by molar-refractivity contribution is 5.21. The molecule has 0 aliphatic rings. The standard InChI is InChI=1S/C9H13N3O3/c1-3-8(13)6(2)9-10-4-7(5-11-9)12(14)15/h4-6,8,13H,3H2,1-2H3. The molecule has 82 valence electrons. The number of hydrogen-bond acceptors (Lipinski definition) is 5. The van der Waals surface area contributed by atoms with Crippen molar-refractivity contribution < 1.29 is 10.0 Å². The molecule has 15 heavy (non-hydrogen) atoms. The van der Waals surface area contributed by atoms with E-state index in [4.69, 9.17) is 0 Å². The SMILES string of the molecule is CCC(O)C(C)c1ncc([N+](=O)[O-])cn1. The lowest BCUT2D eigenvalue weighted by molar-refractivity contribution is -0.385. The zero-order valence-electron chi connectivity index (χ0n) is 8.62. The molecule has 6 nitrogen and oxygen atoms in total. The van der Waals surface area contributed by atoms with Crippen LogP contribution in [-0.2, 0) is 0 Å². The predicted molar refractivity (Wildman–Crippen MR) is 53.4 cm³/mol. The Balaban J connectivity index is 2.84. The molecule has 1 aromatic heterocycles. The number of nitro groups is 1. The molecule has 0 saturated heterocycles. The van der Waals surface area contributed by atoms with Crippen LogP contribution >= 0.6 is 0 Å². The van der Waals surface area contributed by atoms with Crippen molar-refractivity contribution in [3.63, 3.8) is 0 Å². The van der Waals surface area contributed by atoms with E-state index in [9.17, 15) is 15.2 Å². The maximum atomic E-state index is 10.3. The molecule has 0 amide bonds. The highest BCUT2D eigenvalue weighted by Gasteiger charge is 2.18. The van der Waals surface area contributed by atoms with Crippen molar-refractivity contribution in [3.05, 3.63) is 28.3 Å². The molecule has 0 saturated carbocycles. The third kappa shape index (κ3) is 2.69. The van der Waals surface area contributed by atoms with Crippen molar-refractivity contribution in [2.45, 2.75) is 32.3 Å². The van der Waals surface area contributed by atoms with Crippen molar-refractivity contribution in [2.24, 2.45) is 0 Å². The molecule has 0 aliphatic heterocycles. The lowest BCUT2D eigenvalue weighted by Crippen LogP contribution is -2.16. The minimum Gasteiger partial charge on any atom is -0.392 e. The quantitative estimate of drug-likeness (QED) is 0.598. The van der Waals surface area contributed by atoms with E-state index in [0.717, 1.165) is 12.4 Å². The molecule has 1 N–H and O–H groups in total. The third-order valence-corrected chi connectivity index (χ3v) is 2.27. The molecular weight excluding hydrogens is 198 g/mol. The summed E-state index contributed by atoms with van der Waals surface area (Å²) in [5.74, 6) is 0.214. The third-order valence-electron chi connectivity index (χ3n) is 2.27. The molecule has 0 radical (unpaired) electrons. The first-order valence-corrected chi connectivity index (χ1v) is 4.70. The molecule has 1 rings (SSSR count). The van der Waals surface area contributed by atoms with Crippen LogP contribution in [0.4, 0.5) is 5.69 Å². The van der Waals surface area contributed by atoms with E-state index in [1.165, 1.54) is 0 Å². The number of rotatable bonds is 4. The molecular formula is C9H13N3O3. The van der Waals surface area contributed by atoms with E-state index in [-0.39, 0.29) is 11.6 Å². The van der Waals surface area contributed by atoms with Crippen molar-refractivity contribution in [1.82, 2.24) is 9.97 Å². The summed E-state index contributed by atoms with van der Waals surface area (Å²) in [5.41, 5.74) is -0.142. The van der Waals surface area contributed by atoms with Crippen molar-refractivity contribution >= 4 is 5.69 Å². The second kappa shape index (κ2) is 4.79. The highest BCUT2D eigenvalue weighted by atomic mass is 16.6. The molecule has 2 unspecified atom stereocenters. The van der Waals surface area contributed by atoms with Crippen molar-refractivity contribution in [2.75, 3.05) is 0 Å². The van der Waals surface area contributed by atoms with E-state index in [2.05, 4.69) is 9.97 Å². The van der Waals surface area contributed by atoms with Gasteiger partial charge in [0, 0.05) is 5.92 Å². The van der Waals surface area contributed by atoms with Crippen LogP contribution in [0.1, 0.15) is 32.0 Å². The molecule has 1 aromatic rings. The fourth-order valence-electron chi connectivity index (χ4n) is 1.19. The number of aliphatic hydroxyl groups is 1. The summed E-state index contributed by atoms with van der Waals surface area (Å²) in [7, 11) is 0. The van der Waals surface area contributed by atoms with Gasteiger partial charge < -0.3 is 5.11 Å². The van der Waals surface area contributed by atoms with Gasteiger partial charge in [0.15, 0.2) is 0 Å². The van der Waals surface area contributed by atoms with Crippen LogP contribution in [0.5, 0.6) is 0 Å². The highest BCUT2D eigenvalue weighted by Crippen LogP contribution is 2.18. The summed E-state index contributed by atoms with van der Waals surface area (Å²) < 4.78 is 0. The summed E-state index contributed by atoms with van der Waals surface area (Å²) in [6, 6.07) is 0. The first kappa shape index (κ1) is 11.5. The van der Waals surface area contributed by atoms with Gasteiger partial charge >= 0.3 is 5.69 Å². The molecule has 0 bridgehead atoms. The van der Waals surface area contributed by atoms with Crippen molar-refractivity contribution in [1.29, 1.82) is 0 Å². The van der Waals surface area contributed by atoms with Crippen LogP contribution in [0.15, 0.2) is 12.4 Å². The Morgan fingerprint density at radius 2 is 2.07 bits per heavy atom. The summed E-state index contributed by atoms with van der Waals surface area (Å²) in [6.07, 6.45) is 2.38. The van der Waals surface area contributed by atoms with Gasteiger partial charge in [-0.05, 0) is 6.42 Å². The fourth-order valence-corrected chi connectivity index (χ4v) is 1.19. The Hall–Kier alpha value is -1.56. The maximum absolute atomic E-state index is 10.3. The Morgan fingerprint density at radius 3 is 2.47 bits per heavy atom. The van der Waals surface area contributed by atoms with Gasteiger partial charge in [-0.25, -0.2) is 9.97 Å². The molecule has 1 heterocycles. The van der Waals surface area contributed by atoms with Gasteiger partial charge in [-0.15, -0.1) is 0 Å². The monoisotopic (exact) mass is 211 g/mol. The maximum Gasteiger partial charge on any atom is 0.305 e. The van der Waals surface area contributed by atoms with E-state index in [1.807, 2.05) is 6.92 Å². The lowest BCUT2D eigenvalue weighted by Gasteiger charge is -2.14. The minimum absolute atomic E-state index is 0.142. The molecule has 2 atom stereocenters. The van der Waals surface area contributed by atoms with Crippen LogP contribution in [0, 0.1) is 10.1 Å². The Kier molecular flexibility index (Phi) is 3.68. The van der Waals surface area contributed by atoms with Crippen LogP contribution in [-0.4, -0.2) is 26.1 Å². The van der Waals surface area contributed by atoms with Gasteiger partial charge in [0.25, 0.3) is 0 Å². The smallest absolute Gasteiger partial charge is 0.305 e. The summed E-state index contributed by atoms with van der Waals surface area (Å²) in [6.45, 7) is 3.64. The first-order chi connectivity index (χ1) is 7.06. The average Bonchev–Trinajstić information content (AvgIpc) is 2.27. The Morgan fingerprint density at radius 1 is 1.53 bits per heavy atom. The molecule has 0 aliphatic carbocycles.